The van der Waals surface area contributed by atoms with Crippen LogP contribution >= 0.6 is 11.3 Å². The number of anilines is 1. The van der Waals surface area contributed by atoms with Gasteiger partial charge in [-0.15, -0.1) is 11.3 Å². The maximum absolute atomic E-state index is 12.1. The van der Waals surface area contributed by atoms with Crippen LogP contribution in [0.2, 0.25) is 0 Å². The summed E-state index contributed by atoms with van der Waals surface area (Å²) < 4.78 is 1.10. The molecule has 24 heavy (non-hydrogen) atoms. The third-order valence-corrected chi connectivity index (χ3v) is 5.34. The minimum absolute atomic E-state index is 0.292. The minimum Gasteiger partial charge on any atom is -0.369 e. The first-order valence-electron chi connectivity index (χ1n) is 8.44. The predicted molar refractivity (Wildman–Crippen MR) is 98.5 cm³/mol. The lowest BCUT2D eigenvalue weighted by Gasteiger charge is -2.26. The maximum atomic E-state index is 12.1. The van der Waals surface area contributed by atoms with E-state index in [0.29, 0.717) is 18.4 Å². The van der Waals surface area contributed by atoms with Crippen LogP contribution < -0.4 is 5.32 Å². The van der Waals surface area contributed by atoms with Crippen molar-refractivity contribution < 1.29 is 4.79 Å². The van der Waals surface area contributed by atoms with E-state index in [0.717, 1.165) is 54.3 Å². The molecule has 7 heteroatoms. The van der Waals surface area contributed by atoms with E-state index in [9.17, 15) is 4.79 Å². The molecular formula is C17H25N5OS. The molecule has 1 aliphatic rings. The van der Waals surface area contributed by atoms with Crippen LogP contribution in [0.1, 0.15) is 25.1 Å². The molecule has 0 spiro atoms. The van der Waals surface area contributed by atoms with Crippen molar-refractivity contribution in [3.8, 4) is 0 Å². The van der Waals surface area contributed by atoms with Crippen LogP contribution in [-0.2, 0) is 4.79 Å². The van der Waals surface area contributed by atoms with Crippen LogP contribution in [0.3, 0.4) is 0 Å². The number of aryl methyl sites for hydroxylation is 1. The monoisotopic (exact) mass is 347 g/mol. The van der Waals surface area contributed by atoms with Crippen molar-refractivity contribution in [2.75, 3.05) is 39.0 Å². The Bertz CT molecular complexity index is 714. The predicted octanol–water partition coefficient (Wildman–Crippen LogP) is 2.35. The van der Waals surface area contributed by atoms with Crippen molar-refractivity contribution in [3.63, 3.8) is 0 Å². The lowest BCUT2D eigenvalue weighted by molar-refractivity contribution is -0.129. The molecule has 0 aliphatic carbocycles. The number of rotatable bonds is 7. The van der Waals surface area contributed by atoms with Gasteiger partial charge in [-0.1, -0.05) is 0 Å². The number of hydrogen-bond donors (Lipinski definition) is 1. The molecule has 3 rings (SSSR count). The fraction of sp³-hybridized carbons (Fsp3) is 0.588. The van der Waals surface area contributed by atoms with Crippen LogP contribution in [0.15, 0.2) is 11.4 Å². The van der Waals surface area contributed by atoms with Gasteiger partial charge in [0.15, 0.2) is 0 Å². The molecule has 2 aromatic rings. The first-order chi connectivity index (χ1) is 11.5. The van der Waals surface area contributed by atoms with E-state index >= 15 is 0 Å². The number of carbonyl (C=O) groups is 1. The van der Waals surface area contributed by atoms with Gasteiger partial charge in [-0.05, 0) is 45.3 Å². The molecule has 3 heterocycles. The second kappa shape index (κ2) is 7.44. The molecule has 2 aromatic heterocycles. The van der Waals surface area contributed by atoms with Crippen molar-refractivity contribution in [1.29, 1.82) is 0 Å². The summed E-state index contributed by atoms with van der Waals surface area (Å²) in [4.78, 5) is 25.2. The lowest BCUT2D eigenvalue weighted by Crippen LogP contribution is -2.39. The zero-order valence-corrected chi connectivity index (χ0v) is 15.4. The Morgan fingerprint density at radius 3 is 3.04 bits per heavy atom. The maximum Gasteiger partial charge on any atom is 0.222 e. The molecule has 1 aliphatic heterocycles. The molecule has 1 fully saturated rings. The highest BCUT2D eigenvalue weighted by Crippen LogP contribution is 2.26. The Balaban J connectivity index is 1.58. The van der Waals surface area contributed by atoms with Crippen molar-refractivity contribution in [3.05, 3.63) is 17.3 Å². The van der Waals surface area contributed by atoms with Gasteiger partial charge in [0, 0.05) is 32.1 Å². The summed E-state index contributed by atoms with van der Waals surface area (Å²) in [5, 5.41) is 5.50. The normalized spacial score (nSPS) is 18.1. The molecular weight excluding hydrogens is 322 g/mol. The molecule has 130 valence electrons. The van der Waals surface area contributed by atoms with Gasteiger partial charge in [0.25, 0.3) is 0 Å². The van der Waals surface area contributed by atoms with Gasteiger partial charge in [0.1, 0.15) is 11.6 Å². The summed E-state index contributed by atoms with van der Waals surface area (Å²) in [7, 11) is 4.08. The van der Waals surface area contributed by atoms with Crippen LogP contribution in [0.25, 0.3) is 10.2 Å². The molecule has 0 radical (unpaired) electrons. The average Bonchev–Trinajstić information content (AvgIpc) is 3.12. The average molecular weight is 347 g/mol. The largest absolute Gasteiger partial charge is 0.369 e. The number of carbonyl (C=O) groups excluding carboxylic acids is 1. The van der Waals surface area contributed by atoms with Gasteiger partial charge in [-0.3, -0.25) is 4.79 Å². The molecule has 1 amide bonds. The third kappa shape index (κ3) is 3.84. The van der Waals surface area contributed by atoms with Gasteiger partial charge >= 0.3 is 0 Å². The second-order valence-electron chi connectivity index (χ2n) is 6.55. The molecule has 0 bridgehead atoms. The van der Waals surface area contributed by atoms with Crippen molar-refractivity contribution >= 4 is 33.3 Å². The van der Waals surface area contributed by atoms with Crippen LogP contribution in [0.5, 0.6) is 0 Å². The first-order valence-corrected chi connectivity index (χ1v) is 9.32. The molecule has 6 nitrogen and oxygen atoms in total. The summed E-state index contributed by atoms with van der Waals surface area (Å²) in [5.74, 6) is 1.99. The molecule has 1 atom stereocenters. The Morgan fingerprint density at radius 2 is 2.25 bits per heavy atom. The molecule has 0 unspecified atom stereocenters. The lowest BCUT2D eigenvalue weighted by atomic mass is 10.1. The third-order valence-electron chi connectivity index (χ3n) is 4.43. The van der Waals surface area contributed by atoms with Crippen LogP contribution in [0, 0.1) is 6.92 Å². The number of hydrogen-bond acceptors (Lipinski definition) is 6. The van der Waals surface area contributed by atoms with E-state index in [1.165, 1.54) is 0 Å². The van der Waals surface area contributed by atoms with Crippen LogP contribution in [0.4, 0.5) is 5.82 Å². The van der Waals surface area contributed by atoms with Gasteiger partial charge in [0.2, 0.25) is 5.91 Å². The number of amides is 1. The number of thiophene rings is 1. The Kier molecular flexibility index (Phi) is 5.30. The fourth-order valence-electron chi connectivity index (χ4n) is 3.16. The van der Waals surface area contributed by atoms with E-state index in [2.05, 4.69) is 20.2 Å². The summed E-state index contributed by atoms with van der Waals surface area (Å²) in [6.07, 6.45) is 2.60. The first kappa shape index (κ1) is 17.1. The van der Waals surface area contributed by atoms with Crippen molar-refractivity contribution in [2.24, 2.45) is 0 Å². The summed E-state index contributed by atoms with van der Waals surface area (Å²) in [6.45, 7) is 4.47. The summed E-state index contributed by atoms with van der Waals surface area (Å²) in [6, 6.07) is 2.37. The molecule has 0 saturated carbocycles. The Hall–Kier alpha value is -1.73. The number of fused-ring (bicyclic) bond motifs is 1. The van der Waals surface area contributed by atoms with Gasteiger partial charge in [-0.25, -0.2) is 9.97 Å². The smallest absolute Gasteiger partial charge is 0.222 e. The van der Waals surface area contributed by atoms with Gasteiger partial charge < -0.3 is 15.1 Å². The number of nitrogens with zero attached hydrogens (tertiary/aromatic N) is 4. The number of aromatic nitrogens is 2. The quantitative estimate of drug-likeness (QED) is 0.833. The van der Waals surface area contributed by atoms with E-state index < -0.39 is 0 Å². The van der Waals surface area contributed by atoms with E-state index in [1.54, 1.807) is 11.3 Å². The van der Waals surface area contributed by atoms with E-state index in [-0.39, 0.29) is 0 Å². The Labute approximate surface area is 146 Å². The highest BCUT2D eigenvalue weighted by atomic mass is 32.1. The molecule has 1 N–H and O–H groups in total. The number of likely N-dealkylation sites (N-methyl/N-ethyl adjacent to an activating group) is 1. The SMILES string of the molecule is Cc1nc(NCC[C@@H]2CCC(=O)N2CCN(C)C)c2sccc2n1. The van der Waals surface area contributed by atoms with Gasteiger partial charge in [-0.2, -0.15) is 0 Å². The number of nitrogens with one attached hydrogen (secondary N) is 1. The summed E-state index contributed by atoms with van der Waals surface area (Å²) in [5.41, 5.74) is 0.999. The van der Waals surface area contributed by atoms with E-state index in [4.69, 9.17) is 0 Å². The molecule has 1 saturated heterocycles. The van der Waals surface area contributed by atoms with Crippen LogP contribution in [-0.4, -0.2) is 65.4 Å². The van der Waals surface area contributed by atoms with E-state index in [1.807, 2.05) is 37.4 Å². The highest BCUT2D eigenvalue weighted by Gasteiger charge is 2.30. The second-order valence-corrected chi connectivity index (χ2v) is 7.47. The fourth-order valence-corrected chi connectivity index (χ4v) is 3.96. The highest BCUT2D eigenvalue weighted by molar-refractivity contribution is 7.17. The molecule has 0 aromatic carbocycles. The zero-order valence-electron chi connectivity index (χ0n) is 14.6. The topological polar surface area (TPSA) is 61.4 Å². The number of likely N-dealkylation sites (tertiary alicyclic amines) is 1. The minimum atomic E-state index is 0.292. The summed E-state index contributed by atoms with van der Waals surface area (Å²) >= 11 is 1.66. The van der Waals surface area contributed by atoms with Crippen molar-refractivity contribution in [2.45, 2.75) is 32.2 Å². The zero-order chi connectivity index (χ0) is 17.1. The van der Waals surface area contributed by atoms with Crippen molar-refractivity contribution in [1.82, 2.24) is 19.8 Å². The van der Waals surface area contributed by atoms with Gasteiger partial charge in [0.05, 0.1) is 10.2 Å². The standard InChI is InChI=1S/C17H25N5OS/c1-12-19-14-7-11-24-16(14)17(20-12)18-8-6-13-4-5-15(23)22(13)10-9-21(2)3/h7,11,13H,4-6,8-10H2,1-3H3,(H,18,19,20)/t13-/m0/s1. The Morgan fingerprint density at radius 1 is 1.42 bits per heavy atom.